The van der Waals surface area contributed by atoms with Crippen molar-refractivity contribution in [1.29, 1.82) is 0 Å². The van der Waals surface area contributed by atoms with Crippen LogP contribution in [0.4, 0.5) is 11.4 Å². The molecule has 2 rings (SSSR count). The molecule has 2 amide bonds. The molecule has 0 aliphatic carbocycles. The Labute approximate surface area is 553 Å². The Kier molecular flexibility index (Phi) is 30.4. The Hall–Kier alpha value is -6.32. The Morgan fingerprint density at radius 3 is 0.652 bits per heavy atom. The highest BCUT2D eigenvalue weighted by atomic mass is 33.1. The molecule has 0 aliphatic heterocycles. The van der Waals surface area contributed by atoms with Crippen molar-refractivity contribution in [2.75, 3.05) is 76.1 Å². The lowest BCUT2D eigenvalue weighted by atomic mass is 10.1. The van der Waals surface area contributed by atoms with Gasteiger partial charge >= 0.3 is 47.8 Å². The van der Waals surface area contributed by atoms with Gasteiger partial charge in [0.1, 0.15) is 56.9 Å². The van der Waals surface area contributed by atoms with Crippen molar-refractivity contribution in [1.82, 2.24) is 19.6 Å². The number of benzene rings is 2. The Morgan fingerprint density at radius 2 is 0.478 bits per heavy atom. The van der Waals surface area contributed by atoms with Crippen LogP contribution in [0.15, 0.2) is 58.3 Å². The molecule has 0 saturated carbocycles. The van der Waals surface area contributed by atoms with E-state index in [1.54, 1.807) is 215 Å². The van der Waals surface area contributed by atoms with Gasteiger partial charge < -0.3 is 48.5 Å². The first kappa shape index (κ1) is 81.8. The number of anilines is 2. The van der Waals surface area contributed by atoms with E-state index in [4.69, 9.17) is 37.9 Å². The Bertz CT molecular complexity index is 2520. The van der Waals surface area contributed by atoms with Gasteiger partial charge in [-0.2, -0.15) is 0 Å². The van der Waals surface area contributed by atoms with Crippen molar-refractivity contribution in [3.05, 3.63) is 48.5 Å². The van der Waals surface area contributed by atoms with Gasteiger partial charge in [0.25, 0.3) is 0 Å². The first-order valence-electron chi connectivity index (χ1n) is 30.4. The first-order chi connectivity index (χ1) is 41.6. The molecule has 0 radical (unpaired) electrons. The third-order valence-electron chi connectivity index (χ3n) is 10.9. The zero-order chi connectivity index (χ0) is 70.8. The number of carbonyl (C=O) groups is 10. The molecule has 2 aromatic carbocycles. The van der Waals surface area contributed by atoms with E-state index in [0.29, 0.717) is 11.4 Å². The number of amides is 2. The fourth-order valence-corrected chi connectivity index (χ4v) is 10.2. The summed E-state index contributed by atoms with van der Waals surface area (Å²) in [6.45, 7) is 35.3. The van der Waals surface area contributed by atoms with Crippen molar-refractivity contribution in [2.45, 2.75) is 233 Å². The monoisotopic (exact) mass is 1330 g/mol. The topological polar surface area (TPSA) is 282 Å². The first-order valence-corrected chi connectivity index (χ1v) is 32.6. The number of nitrogens with zero attached hydrogens (tertiary/aromatic N) is 4. The predicted octanol–water partition coefficient (Wildman–Crippen LogP) is 9.04. The maximum absolute atomic E-state index is 14.8. The van der Waals surface area contributed by atoms with Gasteiger partial charge in [0.15, 0.2) is 0 Å². The number of ether oxygens (including phenoxy) is 8. The van der Waals surface area contributed by atoms with Gasteiger partial charge in [-0.15, -0.1) is 0 Å². The lowest BCUT2D eigenvalue weighted by molar-refractivity contribution is -0.165. The van der Waals surface area contributed by atoms with Gasteiger partial charge in [0.05, 0.1) is 52.4 Å². The molecular formula is C66H104N6O18S2. The van der Waals surface area contributed by atoms with E-state index in [0.717, 1.165) is 9.79 Å². The second kappa shape index (κ2) is 34.2. The summed E-state index contributed by atoms with van der Waals surface area (Å²) in [4.78, 5) is 144. The number of nitrogens with one attached hydrogen (secondary N) is 2. The highest BCUT2D eigenvalue weighted by molar-refractivity contribution is 8.76. The lowest BCUT2D eigenvalue weighted by Gasteiger charge is -2.35. The molecular weight excluding hydrogens is 1230 g/mol. The summed E-state index contributed by atoms with van der Waals surface area (Å²) in [5.74, 6) is -7.31. The van der Waals surface area contributed by atoms with E-state index >= 15 is 0 Å². The van der Waals surface area contributed by atoms with E-state index in [1.165, 1.54) is 41.2 Å². The molecule has 0 heterocycles. The summed E-state index contributed by atoms with van der Waals surface area (Å²) < 4.78 is 45.0. The molecule has 2 aromatic rings. The molecule has 0 saturated heterocycles. The van der Waals surface area contributed by atoms with Crippen LogP contribution in [0.2, 0.25) is 0 Å². The largest absolute Gasteiger partial charge is 0.459 e. The quantitative estimate of drug-likeness (QED) is 0.0436. The Morgan fingerprint density at radius 1 is 0.304 bits per heavy atom. The number of carbonyl (C=O) groups excluding carboxylic acids is 10. The number of hydrogen-bond donors (Lipinski definition) is 2. The van der Waals surface area contributed by atoms with Crippen LogP contribution in [0.5, 0.6) is 0 Å². The van der Waals surface area contributed by atoms with Gasteiger partial charge in [-0.3, -0.25) is 67.5 Å². The van der Waals surface area contributed by atoms with Crippen LogP contribution in [0.1, 0.15) is 166 Å². The average Bonchev–Trinajstić information content (AvgIpc) is 0.847. The fraction of sp³-hybridized carbons (Fsp3) is 0.667. The van der Waals surface area contributed by atoms with E-state index < -0.39 is 169 Å². The van der Waals surface area contributed by atoms with E-state index in [1.807, 2.05) is 0 Å². The number of hydrogen-bond acceptors (Lipinski definition) is 24. The molecule has 0 unspecified atom stereocenters. The third kappa shape index (κ3) is 38.0. The highest BCUT2D eigenvalue weighted by Crippen LogP contribution is 2.38. The maximum atomic E-state index is 14.8. The number of rotatable bonds is 29. The van der Waals surface area contributed by atoms with Crippen molar-refractivity contribution in [2.24, 2.45) is 0 Å². The molecule has 518 valence electrons. The predicted molar refractivity (Wildman–Crippen MR) is 352 cm³/mol. The van der Waals surface area contributed by atoms with Crippen LogP contribution in [-0.2, 0) is 85.8 Å². The molecule has 0 aliphatic rings. The van der Waals surface area contributed by atoms with Gasteiger partial charge in [-0.1, -0.05) is 21.6 Å². The lowest BCUT2D eigenvalue weighted by Crippen LogP contribution is -2.56. The molecule has 2 N–H and O–H groups in total. The van der Waals surface area contributed by atoms with Gasteiger partial charge in [0, 0.05) is 34.3 Å². The zero-order valence-electron chi connectivity index (χ0n) is 58.8. The van der Waals surface area contributed by atoms with Crippen LogP contribution in [0.25, 0.3) is 0 Å². The Balaban J connectivity index is 2.61. The molecule has 0 aromatic heterocycles. The maximum Gasteiger partial charge on any atom is 0.320 e. The van der Waals surface area contributed by atoms with Crippen LogP contribution < -0.4 is 10.6 Å². The van der Waals surface area contributed by atoms with Gasteiger partial charge in [0.2, 0.25) is 11.8 Å². The van der Waals surface area contributed by atoms with Gasteiger partial charge in [-0.25, -0.2) is 0 Å². The smallest absolute Gasteiger partial charge is 0.320 e. The van der Waals surface area contributed by atoms with Crippen LogP contribution in [0, 0.1) is 0 Å². The second-order valence-corrected chi connectivity index (χ2v) is 32.3. The molecule has 0 fully saturated rings. The van der Waals surface area contributed by atoms with Crippen LogP contribution in [0.3, 0.4) is 0 Å². The van der Waals surface area contributed by atoms with Crippen LogP contribution >= 0.6 is 21.6 Å². The minimum Gasteiger partial charge on any atom is -0.459 e. The minimum atomic E-state index is -1.40. The molecule has 0 spiro atoms. The van der Waals surface area contributed by atoms with Crippen molar-refractivity contribution in [3.63, 3.8) is 0 Å². The summed E-state index contributed by atoms with van der Waals surface area (Å²) in [6, 6.07) is 10.8. The fourth-order valence-electron chi connectivity index (χ4n) is 8.26. The average molecular weight is 1330 g/mol. The SMILES string of the molecule is CC(C)(C)OC(=O)CN(CC(=O)OC(C)(C)C)C[C@H](C(=O)Nc1ccc(SSc2ccc(NC(=O)[C@@H](CN(CC(=O)OC(C)(C)C)CC(=O)OC(C)(C)C)N(CC(=O)OC(C)(C)C)CC(=O)OC(C)(C)C)cc2)cc1)N(CC(=O)OC(C)(C)C)CC(=O)OC(C)(C)C. The minimum absolute atomic E-state index is 0.321. The number of esters is 8. The van der Waals surface area contributed by atoms with E-state index in [9.17, 15) is 47.9 Å². The van der Waals surface area contributed by atoms with E-state index in [-0.39, 0.29) is 13.1 Å². The molecule has 26 heteroatoms. The summed E-state index contributed by atoms with van der Waals surface area (Å²) in [7, 11) is 2.74. The summed E-state index contributed by atoms with van der Waals surface area (Å²) in [5, 5.41) is 5.77. The van der Waals surface area contributed by atoms with Crippen molar-refractivity contribution >= 4 is 92.5 Å². The summed E-state index contributed by atoms with van der Waals surface area (Å²) >= 11 is 0. The normalized spacial score (nSPS) is 13.4. The van der Waals surface area contributed by atoms with Gasteiger partial charge in [-0.05, 0) is 215 Å². The molecule has 2 atom stereocenters. The van der Waals surface area contributed by atoms with Crippen molar-refractivity contribution in [3.8, 4) is 0 Å². The molecule has 24 nitrogen and oxygen atoms in total. The summed E-state index contributed by atoms with van der Waals surface area (Å²) in [6.07, 6.45) is 0. The van der Waals surface area contributed by atoms with Crippen molar-refractivity contribution < 1.29 is 85.8 Å². The van der Waals surface area contributed by atoms with Crippen LogP contribution in [-0.4, -0.2) is 202 Å². The molecule has 92 heavy (non-hydrogen) atoms. The third-order valence-corrected chi connectivity index (χ3v) is 13.3. The highest BCUT2D eigenvalue weighted by Gasteiger charge is 2.38. The summed E-state index contributed by atoms with van der Waals surface area (Å²) in [5.41, 5.74) is -6.74. The van der Waals surface area contributed by atoms with E-state index in [2.05, 4.69) is 10.6 Å². The second-order valence-electron chi connectivity index (χ2n) is 30.1. The molecule has 0 bridgehead atoms. The zero-order valence-corrected chi connectivity index (χ0v) is 60.4. The standard InChI is InChI=1S/C66H104N6O18S2/c1-59(2,3)83-49(73)35-69(36-50(74)84-60(4,5)6)33-47(71(39-53(77)87-63(13,14)15)40-54(78)88-64(16,17)18)57(81)67-43-25-29-45(30-26-43)91-92-46-31-27-44(28-32-46)68-58(82)48(72(41-55(79)89-65(19,20)21)42-56(80)90-66(22,23)24)34-70(37-51(75)85-61(7,8)9)38-52(76)86-62(10,11)12/h25-32,47-48H,33-42H2,1-24H3,(H,67,81)(H,68,82)/t47-,48-/m1/s1.